The Labute approximate surface area is 103 Å². The molecule has 2 aromatic rings. The Hall–Kier alpha value is -1.75. The average Bonchev–Trinajstić information content (AvgIpc) is 2.89. The molecule has 0 fully saturated rings. The van der Waals surface area contributed by atoms with Gasteiger partial charge < -0.3 is 0 Å². The summed E-state index contributed by atoms with van der Waals surface area (Å²) < 4.78 is 1.12. The molecule has 1 unspecified atom stereocenters. The Kier molecular flexibility index (Phi) is 2.22. The summed E-state index contributed by atoms with van der Waals surface area (Å²) in [5.41, 5.74) is 0.837. The minimum Gasteiger partial charge on any atom is -0.272 e. The van der Waals surface area contributed by atoms with Crippen LogP contribution >= 0.6 is 11.3 Å². The second kappa shape index (κ2) is 3.63. The van der Waals surface area contributed by atoms with Crippen molar-refractivity contribution in [3.63, 3.8) is 0 Å². The van der Waals surface area contributed by atoms with E-state index in [9.17, 15) is 4.79 Å². The van der Waals surface area contributed by atoms with Crippen LogP contribution in [-0.4, -0.2) is 16.6 Å². The first-order valence-electron chi connectivity index (χ1n) is 5.40. The van der Waals surface area contributed by atoms with Crippen LogP contribution in [0.2, 0.25) is 0 Å². The fourth-order valence-corrected chi connectivity index (χ4v) is 2.63. The zero-order valence-corrected chi connectivity index (χ0v) is 10.4. The van der Waals surface area contributed by atoms with E-state index in [1.54, 1.807) is 17.5 Å². The van der Waals surface area contributed by atoms with E-state index in [0.29, 0.717) is 5.82 Å². The van der Waals surface area contributed by atoms with E-state index in [1.807, 2.05) is 31.4 Å². The van der Waals surface area contributed by atoms with Crippen LogP contribution in [0.5, 0.6) is 0 Å². The molecule has 1 amide bonds. The molecule has 1 atom stereocenters. The van der Waals surface area contributed by atoms with Gasteiger partial charge >= 0.3 is 0 Å². The average molecular weight is 245 g/mol. The van der Waals surface area contributed by atoms with Crippen molar-refractivity contribution in [1.29, 1.82) is 0 Å². The number of amides is 1. The molecule has 86 valence electrons. The highest BCUT2D eigenvalue weighted by atomic mass is 32.1. The number of hydrogen-bond acceptors (Lipinski definition) is 4. The lowest BCUT2D eigenvalue weighted by molar-refractivity contribution is -0.119. The summed E-state index contributed by atoms with van der Waals surface area (Å²) in [4.78, 5) is 16.3. The number of carbonyl (C=O) groups is 1. The van der Waals surface area contributed by atoms with Gasteiger partial charge in [0.2, 0.25) is 0 Å². The van der Waals surface area contributed by atoms with Gasteiger partial charge in [-0.15, -0.1) is 11.3 Å². The van der Waals surface area contributed by atoms with Gasteiger partial charge in [-0.2, -0.15) is 10.1 Å². The Bertz CT molecular complexity index is 631. The fraction of sp³-hybridized carbons (Fsp3) is 0.250. The first-order valence-corrected chi connectivity index (χ1v) is 6.27. The maximum atomic E-state index is 12.1. The lowest BCUT2D eigenvalue weighted by atomic mass is 10.1. The van der Waals surface area contributed by atoms with E-state index in [4.69, 9.17) is 0 Å². The van der Waals surface area contributed by atoms with Crippen LogP contribution in [0.4, 0.5) is 5.82 Å². The fourth-order valence-electron chi connectivity index (χ4n) is 1.86. The molecular weight excluding hydrogens is 234 g/mol. The number of nitrogens with zero attached hydrogens (tertiary/aromatic N) is 3. The van der Waals surface area contributed by atoms with E-state index in [2.05, 4.69) is 10.1 Å². The van der Waals surface area contributed by atoms with E-state index in [1.165, 1.54) is 5.01 Å². The van der Waals surface area contributed by atoms with Gasteiger partial charge in [-0.3, -0.25) is 4.79 Å². The minimum absolute atomic E-state index is 0.00583. The highest BCUT2D eigenvalue weighted by Gasteiger charge is 2.32. The molecule has 0 spiro atoms. The largest absolute Gasteiger partial charge is 0.272 e. The third-order valence-electron chi connectivity index (χ3n) is 3.02. The number of anilines is 1. The summed E-state index contributed by atoms with van der Waals surface area (Å²) in [6, 6.07) is 3.92. The van der Waals surface area contributed by atoms with Crippen molar-refractivity contribution in [3.8, 4) is 0 Å². The Morgan fingerprint density at radius 1 is 1.41 bits per heavy atom. The van der Waals surface area contributed by atoms with Gasteiger partial charge in [0, 0.05) is 22.0 Å². The van der Waals surface area contributed by atoms with Crippen molar-refractivity contribution in [1.82, 2.24) is 4.98 Å². The van der Waals surface area contributed by atoms with Crippen molar-refractivity contribution in [2.24, 2.45) is 11.0 Å². The van der Waals surface area contributed by atoms with Crippen LogP contribution in [0, 0.1) is 5.92 Å². The molecule has 0 aliphatic carbocycles. The Morgan fingerprint density at radius 2 is 2.24 bits per heavy atom. The maximum Gasteiger partial charge on any atom is 0.257 e. The number of rotatable bonds is 1. The molecule has 5 heteroatoms. The lowest BCUT2D eigenvalue weighted by Crippen LogP contribution is -2.25. The summed E-state index contributed by atoms with van der Waals surface area (Å²) in [5, 5.41) is 8.70. The van der Waals surface area contributed by atoms with Gasteiger partial charge in [0.25, 0.3) is 5.91 Å². The molecule has 0 N–H and O–H groups in total. The number of aromatic nitrogens is 1. The van der Waals surface area contributed by atoms with Gasteiger partial charge in [0.1, 0.15) is 0 Å². The Balaban J connectivity index is 2.17. The van der Waals surface area contributed by atoms with E-state index in [-0.39, 0.29) is 11.8 Å². The van der Waals surface area contributed by atoms with Gasteiger partial charge in [0.05, 0.1) is 5.92 Å². The molecule has 0 radical (unpaired) electrons. The zero-order chi connectivity index (χ0) is 12.0. The molecule has 0 bridgehead atoms. The highest BCUT2D eigenvalue weighted by Crippen LogP contribution is 2.31. The van der Waals surface area contributed by atoms with E-state index in [0.717, 1.165) is 15.8 Å². The number of hydrazone groups is 1. The molecule has 3 rings (SSSR count). The maximum absolute atomic E-state index is 12.1. The smallest absolute Gasteiger partial charge is 0.257 e. The van der Waals surface area contributed by atoms with Crippen LogP contribution in [0.3, 0.4) is 0 Å². The SMILES string of the molecule is CC1=NN(c2nccc3sccc23)C(=O)C1C. The molecule has 0 saturated carbocycles. The predicted octanol–water partition coefficient (Wildman–Crippen LogP) is 2.65. The molecule has 2 aromatic heterocycles. The number of thiophene rings is 1. The summed E-state index contributed by atoms with van der Waals surface area (Å²) in [7, 11) is 0. The normalized spacial score (nSPS) is 20.1. The second-order valence-electron chi connectivity index (χ2n) is 4.08. The van der Waals surface area contributed by atoms with Gasteiger partial charge in [-0.1, -0.05) is 0 Å². The second-order valence-corrected chi connectivity index (χ2v) is 5.03. The first kappa shape index (κ1) is 10.4. The molecule has 0 aromatic carbocycles. The number of fused-ring (bicyclic) bond motifs is 1. The first-order chi connectivity index (χ1) is 8.18. The minimum atomic E-state index is -0.148. The Morgan fingerprint density at radius 3 is 2.94 bits per heavy atom. The van der Waals surface area contributed by atoms with Crippen LogP contribution in [0.25, 0.3) is 10.1 Å². The van der Waals surface area contributed by atoms with Crippen molar-refractivity contribution in [3.05, 3.63) is 23.7 Å². The van der Waals surface area contributed by atoms with Crippen molar-refractivity contribution < 1.29 is 4.79 Å². The van der Waals surface area contributed by atoms with Crippen LogP contribution in [-0.2, 0) is 4.79 Å². The van der Waals surface area contributed by atoms with Gasteiger partial charge in [-0.05, 0) is 31.4 Å². The van der Waals surface area contributed by atoms with Crippen molar-refractivity contribution >= 4 is 38.9 Å². The van der Waals surface area contributed by atoms with Crippen LogP contribution < -0.4 is 5.01 Å². The molecule has 0 saturated heterocycles. The molecule has 17 heavy (non-hydrogen) atoms. The van der Waals surface area contributed by atoms with E-state index >= 15 is 0 Å². The highest BCUT2D eigenvalue weighted by molar-refractivity contribution is 7.17. The molecule has 1 aliphatic heterocycles. The number of carbonyl (C=O) groups excluding carboxylic acids is 1. The van der Waals surface area contributed by atoms with Crippen LogP contribution in [0.1, 0.15) is 13.8 Å². The van der Waals surface area contributed by atoms with Gasteiger partial charge in [-0.25, -0.2) is 4.98 Å². The standard InChI is InChI=1S/C12H11N3OS/c1-7-8(2)14-15(12(7)16)11-9-4-6-17-10(9)3-5-13-11/h3-7H,1-2H3. The lowest BCUT2D eigenvalue weighted by Gasteiger charge is -2.12. The van der Waals surface area contributed by atoms with Crippen molar-refractivity contribution in [2.45, 2.75) is 13.8 Å². The topological polar surface area (TPSA) is 45.6 Å². The van der Waals surface area contributed by atoms with Gasteiger partial charge in [0.15, 0.2) is 5.82 Å². The summed E-state index contributed by atoms with van der Waals surface area (Å²) in [5.74, 6) is 0.483. The number of pyridine rings is 1. The summed E-state index contributed by atoms with van der Waals surface area (Å²) in [6.45, 7) is 3.74. The van der Waals surface area contributed by atoms with Crippen molar-refractivity contribution in [2.75, 3.05) is 5.01 Å². The predicted molar refractivity (Wildman–Crippen MR) is 69.4 cm³/mol. The molecule has 3 heterocycles. The summed E-state index contributed by atoms with van der Waals surface area (Å²) in [6.07, 6.45) is 1.72. The molecule has 1 aliphatic rings. The zero-order valence-electron chi connectivity index (χ0n) is 9.54. The third kappa shape index (κ3) is 1.46. The van der Waals surface area contributed by atoms with E-state index < -0.39 is 0 Å². The third-order valence-corrected chi connectivity index (χ3v) is 3.91. The monoisotopic (exact) mass is 245 g/mol. The molecular formula is C12H11N3OS. The van der Waals surface area contributed by atoms with Crippen LogP contribution in [0.15, 0.2) is 28.8 Å². The summed E-state index contributed by atoms with van der Waals surface area (Å²) >= 11 is 1.64. The quantitative estimate of drug-likeness (QED) is 0.775. The number of hydrogen-bond donors (Lipinski definition) is 0. The molecule has 4 nitrogen and oxygen atoms in total.